The molecule has 1 heterocycles. The van der Waals surface area contributed by atoms with Gasteiger partial charge in [-0.15, -0.1) is 0 Å². The van der Waals surface area contributed by atoms with Crippen LogP contribution in [0.5, 0.6) is 0 Å². The number of ether oxygens (including phenoxy) is 1. The second kappa shape index (κ2) is 3.89. The van der Waals surface area contributed by atoms with Crippen molar-refractivity contribution in [2.45, 2.75) is 38.7 Å². The first-order valence-corrected chi connectivity index (χ1v) is 5.52. The molecule has 1 N–H and O–H groups in total. The Hall–Kier alpha value is -0.570. The van der Waals surface area contributed by atoms with Crippen molar-refractivity contribution >= 4 is 5.97 Å². The van der Waals surface area contributed by atoms with Gasteiger partial charge in [-0.05, 0) is 30.6 Å². The van der Waals surface area contributed by atoms with Crippen molar-refractivity contribution in [3.8, 4) is 0 Å². The minimum atomic E-state index is -0.658. The van der Waals surface area contributed by atoms with Crippen LogP contribution < -0.4 is 0 Å². The predicted octanol–water partition coefficient (Wildman–Crippen LogP) is 1.91. The van der Waals surface area contributed by atoms with Crippen LogP contribution in [-0.4, -0.2) is 23.8 Å². The van der Waals surface area contributed by atoms with Gasteiger partial charge in [-0.1, -0.05) is 13.3 Å². The number of carboxylic acid groups (broad SMARTS) is 1. The molecule has 0 aromatic carbocycles. The summed E-state index contributed by atoms with van der Waals surface area (Å²) < 4.78 is 5.69. The fourth-order valence-corrected chi connectivity index (χ4v) is 3.14. The van der Waals surface area contributed by atoms with Crippen LogP contribution in [0.3, 0.4) is 0 Å². The number of hydrogen-bond acceptors (Lipinski definition) is 2. The van der Waals surface area contributed by atoms with Crippen molar-refractivity contribution < 1.29 is 14.6 Å². The van der Waals surface area contributed by atoms with Crippen LogP contribution in [0.2, 0.25) is 0 Å². The van der Waals surface area contributed by atoms with E-state index in [0.717, 1.165) is 25.9 Å². The van der Waals surface area contributed by atoms with Gasteiger partial charge in [0.05, 0.1) is 6.10 Å². The Morgan fingerprint density at radius 1 is 1.50 bits per heavy atom. The van der Waals surface area contributed by atoms with E-state index in [4.69, 9.17) is 9.84 Å². The zero-order valence-electron chi connectivity index (χ0n) is 8.61. The van der Waals surface area contributed by atoms with Gasteiger partial charge in [0, 0.05) is 13.0 Å². The first kappa shape index (κ1) is 9.97. The smallest absolute Gasteiger partial charge is 0.303 e. The van der Waals surface area contributed by atoms with E-state index in [1.165, 1.54) is 0 Å². The summed E-state index contributed by atoms with van der Waals surface area (Å²) in [4.78, 5) is 10.7. The Morgan fingerprint density at radius 3 is 3.00 bits per heavy atom. The van der Waals surface area contributed by atoms with Gasteiger partial charge in [-0.2, -0.15) is 0 Å². The highest BCUT2D eigenvalue weighted by Gasteiger charge is 2.42. The van der Waals surface area contributed by atoms with Crippen molar-refractivity contribution in [1.29, 1.82) is 0 Å². The van der Waals surface area contributed by atoms with Crippen molar-refractivity contribution in [3.05, 3.63) is 0 Å². The van der Waals surface area contributed by atoms with Crippen LogP contribution in [0.15, 0.2) is 0 Å². The lowest BCUT2D eigenvalue weighted by atomic mass is 9.72. The molecule has 4 atom stereocenters. The SMILES string of the molecule is C[C@@H]1CO[C@H]2CCC[C@@H](CC(=O)O)[C@@H]12. The standard InChI is InChI=1S/C11H18O3/c1-7-6-14-9-4-2-3-8(11(7)9)5-10(12)13/h7-9,11H,2-6H2,1H3,(H,12,13)/t7-,8+,9+,11-/m1/s1. The van der Waals surface area contributed by atoms with E-state index >= 15 is 0 Å². The molecular formula is C11H18O3. The van der Waals surface area contributed by atoms with Crippen LogP contribution >= 0.6 is 0 Å². The molecule has 0 spiro atoms. The molecule has 2 rings (SSSR count). The fourth-order valence-electron chi connectivity index (χ4n) is 3.14. The minimum Gasteiger partial charge on any atom is -0.481 e. The van der Waals surface area contributed by atoms with E-state index in [2.05, 4.69) is 6.92 Å². The number of rotatable bonds is 2. The zero-order valence-corrected chi connectivity index (χ0v) is 8.61. The molecule has 0 radical (unpaired) electrons. The van der Waals surface area contributed by atoms with Crippen LogP contribution in [0.4, 0.5) is 0 Å². The van der Waals surface area contributed by atoms with E-state index in [9.17, 15) is 4.79 Å². The molecule has 0 aromatic rings. The maximum atomic E-state index is 10.7. The molecule has 0 amide bonds. The Balaban J connectivity index is 2.04. The first-order chi connectivity index (χ1) is 6.68. The maximum absolute atomic E-state index is 10.7. The summed E-state index contributed by atoms with van der Waals surface area (Å²) in [6.07, 6.45) is 4.01. The molecule has 1 saturated heterocycles. The van der Waals surface area contributed by atoms with Gasteiger partial charge in [-0.25, -0.2) is 0 Å². The quantitative estimate of drug-likeness (QED) is 0.737. The molecule has 2 fully saturated rings. The summed E-state index contributed by atoms with van der Waals surface area (Å²) in [6, 6.07) is 0. The number of aliphatic carboxylic acids is 1. The highest BCUT2D eigenvalue weighted by Crippen LogP contribution is 2.42. The number of carboxylic acids is 1. The van der Waals surface area contributed by atoms with Crippen LogP contribution in [0.1, 0.15) is 32.6 Å². The van der Waals surface area contributed by atoms with Gasteiger partial charge >= 0.3 is 5.97 Å². The van der Waals surface area contributed by atoms with Gasteiger partial charge in [0.2, 0.25) is 0 Å². The molecule has 2 aliphatic rings. The molecule has 1 saturated carbocycles. The van der Waals surface area contributed by atoms with Crippen LogP contribution in [0.25, 0.3) is 0 Å². The summed E-state index contributed by atoms with van der Waals surface area (Å²) in [5.74, 6) is 0.739. The largest absolute Gasteiger partial charge is 0.481 e. The van der Waals surface area contributed by atoms with Crippen molar-refractivity contribution in [3.63, 3.8) is 0 Å². The number of fused-ring (bicyclic) bond motifs is 1. The number of carbonyl (C=O) groups is 1. The van der Waals surface area contributed by atoms with Crippen molar-refractivity contribution in [2.75, 3.05) is 6.61 Å². The third-order valence-corrected chi connectivity index (χ3v) is 3.70. The minimum absolute atomic E-state index is 0.328. The Kier molecular flexibility index (Phi) is 2.77. The van der Waals surface area contributed by atoms with Gasteiger partial charge in [0.1, 0.15) is 0 Å². The summed E-state index contributed by atoms with van der Waals surface area (Å²) >= 11 is 0. The van der Waals surface area contributed by atoms with E-state index < -0.39 is 5.97 Å². The molecule has 3 nitrogen and oxygen atoms in total. The van der Waals surface area contributed by atoms with E-state index in [0.29, 0.717) is 30.3 Å². The average Bonchev–Trinajstić information content (AvgIpc) is 2.48. The molecule has 3 heteroatoms. The second-order valence-electron chi connectivity index (χ2n) is 4.72. The topological polar surface area (TPSA) is 46.5 Å². The molecular weight excluding hydrogens is 180 g/mol. The van der Waals surface area contributed by atoms with Crippen LogP contribution in [-0.2, 0) is 9.53 Å². The second-order valence-corrected chi connectivity index (χ2v) is 4.72. The lowest BCUT2D eigenvalue weighted by Crippen LogP contribution is -2.33. The normalized spacial score (nSPS) is 42.1. The average molecular weight is 198 g/mol. The Morgan fingerprint density at radius 2 is 2.29 bits per heavy atom. The summed E-state index contributed by atoms with van der Waals surface area (Å²) in [5.41, 5.74) is 0. The highest BCUT2D eigenvalue weighted by atomic mass is 16.5. The monoisotopic (exact) mass is 198 g/mol. The maximum Gasteiger partial charge on any atom is 0.303 e. The summed E-state index contributed by atoms with van der Waals surface area (Å²) in [5, 5.41) is 8.83. The Labute approximate surface area is 84.4 Å². The van der Waals surface area contributed by atoms with Gasteiger partial charge in [0.25, 0.3) is 0 Å². The third kappa shape index (κ3) is 1.78. The zero-order chi connectivity index (χ0) is 10.1. The molecule has 1 aliphatic heterocycles. The van der Waals surface area contributed by atoms with Crippen molar-refractivity contribution in [2.24, 2.45) is 17.8 Å². The highest BCUT2D eigenvalue weighted by molar-refractivity contribution is 5.67. The molecule has 0 bridgehead atoms. The predicted molar refractivity (Wildman–Crippen MR) is 52.0 cm³/mol. The molecule has 0 aromatic heterocycles. The Bertz CT molecular complexity index is 225. The summed E-state index contributed by atoms with van der Waals surface area (Å²) in [6.45, 7) is 3.01. The van der Waals surface area contributed by atoms with Crippen molar-refractivity contribution in [1.82, 2.24) is 0 Å². The van der Waals surface area contributed by atoms with Crippen LogP contribution in [0, 0.1) is 17.8 Å². The van der Waals surface area contributed by atoms with Gasteiger partial charge in [0.15, 0.2) is 0 Å². The molecule has 0 unspecified atom stereocenters. The third-order valence-electron chi connectivity index (χ3n) is 3.70. The first-order valence-electron chi connectivity index (χ1n) is 5.52. The number of hydrogen-bond donors (Lipinski definition) is 1. The van der Waals surface area contributed by atoms with E-state index in [1.807, 2.05) is 0 Å². The van der Waals surface area contributed by atoms with E-state index in [1.54, 1.807) is 0 Å². The van der Waals surface area contributed by atoms with Gasteiger partial charge < -0.3 is 9.84 Å². The molecule has 1 aliphatic carbocycles. The summed E-state index contributed by atoms with van der Waals surface area (Å²) in [7, 11) is 0. The lowest BCUT2D eigenvalue weighted by Gasteiger charge is -2.33. The molecule has 80 valence electrons. The molecule has 14 heavy (non-hydrogen) atoms. The fraction of sp³-hybridized carbons (Fsp3) is 0.909. The lowest BCUT2D eigenvalue weighted by molar-refractivity contribution is -0.139. The van der Waals surface area contributed by atoms with Gasteiger partial charge in [-0.3, -0.25) is 4.79 Å². The van der Waals surface area contributed by atoms with E-state index in [-0.39, 0.29) is 0 Å².